The first-order valence-electron chi connectivity index (χ1n) is 8.84. The van der Waals surface area contributed by atoms with Crippen LogP contribution in [0.1, 0.15) is 50.2 Å². The van der Waals surface area contributed by atoms with Gasteiger partial charge in [-0.2, -0.15) is 0 Å². The summed E-state index contributed by atoms with van der Waals surface area (Å²) < 4.78 is 11.9. The van der Waals surface area contributed by atoms with Gasteiger partial charge in [-0.15, -0.1) is 0 Å². The van der Waals surface area contributed by atoms with Crippen molar-refractivity contribution in [3.05, 3.63) is 29.3 Å². The molecule has 1 unspecified atom stereocenters. The molecule has 1 amide bonds. The summed E-state index contributed by atoms with van der Waals surface area (Å²) in [5.41, 5.74) is 2.28. The highest BCUT2D eigenvalue weighted by molar-refractivity contribution is 5.81. The third-order valence-electron chi connectivity index (χ3n) is 4.81. The van der Waals surface area contributed by atoms with Crippen LogP contribution in [0.4, 0.5) is 0 Å². The number of aryl methyl sites for hydroxylation is 1. The molecule has 23 heavy (non-hydrogen) atoms. The number of carbonyl (C=O) groups excluding carboxylic acids is 1. The van der Waals surface area contributed by atoms with Crippen molar-refractivity contribution in [3.63, 3.8) is 0 Å². The van der Waals surface area contributed by atoms with Gasteiger partial charge in [0.05, 0.1) is 12.6 Å². The van der Waals surface area contributed by atoms with Gasteiger partial charge >= 0.3 is 0 Å². The molecular weight excluding hydrogens is 290 g/mol. The monoisotopic (exact) mass is 317 g/mol. The Morgan fingerprint density at radius 1 is 1.39 bits per heavy atom. The number of ether oxygens (including phenoxy) is 2. The molecule has 1 aromatic carbocycles. The maximum Gasteiger partial charge on any atom is 0.252 e. The van der Waals surface area contributed by atoms with Gasteiger partial charge < -0.3 is 14.4 Å². The van der Waals surface area contributed by atoms with Crippen LogP contribution in [0.15, 0.2) is 18.2 Å². The van der Waals surface area contributed by atoms with Crippen molar-refractivity contribution in [1.29, 1.82) is 0 Å². The van der Waals surface area contributed by atoms with Gasteiger partial charge in [0, 0.05) is 12.1 Å². The Bertz CT molecular complexity index is 552. The number of benzene rings is 1. The van der Waals surface area contributed by atoms with Gasteiger partial charge in [-0.3, -0.25) is 4.79 Å². The van der Waals surface area contributed by atoms with E-state index in [-0.39, 0.29) is 18.1 Å². The molecule has 1 saturated carbocycles. The Balaban J connectivity index is 1.70. The van der Waals surface area contributed by atoms with E-state index in [1.165, 1.54) is 18.4 Å². The molecule has 0 radical (unpaired) electrons. The van der Waals surface area contributed by atoms with E-state index in [1.54, 1.807) is 0 Å². The molecule has 3 rings (SSSR count). The number of carbonyl (C=O) groups is 1. The summed E-state index contributed by atoms with van der Waals surface area (Å²) in [4.78, 5) is 14.8. The zero-order valence-electron chi connectivity index (χ0n) is 14.2. The van der Waals surface area contributed by atoms with E-state index in [9.17, 15) is 4.79 Å². The molecule has 1 heterocycles. The fourth-order valence-corrected chi connectivity index (χ4v) is 3.50. The number of fused-ring (bicyclic) bond motifs is 1. The first kappa shape index (κ1) is 16.3. The fourth-order valence-electron chi connectivity index (χ4n) is 3.50. The molecule has 0 bridgehead atoms. The van der Waals surface area contributed by atoms with Gasteiger partial charge in [0.2, 0.25) is 0 Å². The Morgan fingerprint density at radius 3 is 2.91 bits per heavy atom. The Morgan fingerprint density at radius 2 is 2.17 bits per heavy atom. The molecule has 1 aliphatic carbocycles. The third kappa shape index (κ3) is 3.86. The summed E-state index contributed by atoms with van der Waals surface area (Å²) in [7, 11) is 0. The van der Waals surface area contributed by atoms with Crippen LogP contribution in [-0.2, 0) is 16.1 Å². The lowest BCUT2D eigenvalue weighted by atomic mass is 10.1. The molecule has 1 aromatic rings. The van der Waals surface area contributed by atoms with Crippen molar-refractivity contribution in [1.82, 2.24) is 4.90 Å². The standard InChI is InChI=1S/C19H27NO3/c1-3-17(23-16-6-4-5-7-16)19(21)20-10-11-22-18-9-8-14(2)12-15(18)13-20/h8-9,12,16-17H,3-7,10-11,13H2,1-2H3. The van der Waals surface area contributed by atoms with Crippen LogP contribution in [-0.4, -0.2) is 36.2 Å². The maximum absolute atomic E-state index is 12.9. The molecule has 0 saturated heterocycles. The quantitative estimate of drug-likeness (QED) is 0.854. The summed E-state index contributed by atoms with van der Waals surface area (Å²) in [6, 6.07) is 6.17. The van der Waals surface area contributed by atoms with E-state index >= 15 is 0 Å². The van der Waals surface area contributed by atoms with E-state index in [1.807, 2.05) is 24.0 Å². The van der Waals surface area contributed by atoms with Gasteiger partial charge in [-0.25, -0.2) is 0 Å². The van der Waals surface area contributed by atoms with Crippen LogP contribution in [0.3, 0.4) is 0 Å². The van der Waals surface area contributed by atoms with Gasteiger partial charge in [0.25, 0.3) is 5.91 Å². The number of rotatable bonds is 4. The SMILES string of the molecule is CCC(OC1CCCC1)C(=O)N1CCOc2ccc(C)cc2C1. The lowest BCUT2D eigenvalue weighted by molar-refractivity contribution is -0.148. The second kappa shape index (κ2) is 7.35. The molecule has 4 nitrogen and oxygen atoms in total. The van der Waals surface area contributed by atoms with E-state index in [2.05, 4.69) is 13.0 Å². The third-order valence-corrected chi connectivity index (χ3v) is 4.81. The molecule has 0 N–H and O–H groups in total. The zero-order chi connectivity index (χ0) is 16.2. The Hall–Kier alpha value is -1.55. The van der Waals surface area contributed by atoms with Crippen molar-refractivity contribution in [2.75, 3.05) is 13.2 Å². The number of amides is 1. The van der Waals surface area contributed by atoms with Crippen LogP contribution in [0, 0.1) is 6.92 Å². The first-order chi connectivity index (χ1) is 11.2. The summed E-state index contributed by atoms with van der Waals surface area (Å²) >= 11 is 0. The number of hydrogen-bond donors (Lipinski definition) is 0. The van der Waals surface area contributed by atoms with Gasteiger partial charge in [-0.1, -0.05) is 37.5 Å². The molecule has 0 spiro atoms. The lowest BCUT2D eigenvalue weighted by Gasteiger charge is -2.27. The van der Waals surface area contributed by atoms with E-state index in [4.69, 9.17) is 9.47 Å². The Kier molecular flexibility index (Phi) is 5.21. The van der Waals surface area contributed by atoms with Crippen molar-refractivity contribution in [2.24, 2.45) is 0 Å². The smallest absolute Gasteiger partial charge is 0.252 e. The minimum atomic E-state index is -0.315. The van der Waals surface area contributed by atoms with Gasteiger partial charge in [-0.05, 0) is 32.3 Å². The predicted molar refractivity (Wildman–Crippen MR) is 89.5 cm³/mol. The summed E-state index contributed by atoms with van der Waals surface area (Å²) in [5.74, 6) is 1.01. The van der Waals surface area contributed by atoms with Crippen LogP contribution in [0.5, 0.6) is 5.75 Å². The average Bonchev–Trinajstić information content (AvgIpc) is 2.97. The van der Waals surface area contributed by atoms with Crippen LogP contribution >= 0.6 is 0 Å². The lowest BCUT2D eigenvalue weighted by Crippen LogP contribution is -2.42. The summed E-state index contributed by atoms with van der Waals surface area (Å²) in [6.45, 7) is 5.87. The topological polar surface area (TPSA) is 38.8 Å². The highest BCUT2D eigenvalue weighted by Gasteiger charge is 2.29. The highest BCUT2D eigenvalue weighted by Crippen LogP contribution is 2.26. The number of nitrogens with zero attached hydrogens (tertiary/aromatic N) is 1. The zero-order valence-corrected chi connectivity index (χ0v) is 14.2. The minimum Gasteiger partial charge on any atom is -0.491 e. The van der Waals surface area contributed by atoms with Crippen molar-refractivity contribution < 1.29 is 14.3 Å². The molecular formula is C19H27NO3. The maximum atomic E-state index is 12.9. The molecule has 4 heteroatoms. The van der Waals surface area contributed by atoms with Crippen LogP contribution in [0.25, 0.3) is 0 Å². The van der Waals surface area contributed by atoms with Gasteiger partial charge in [0.1, 0.15) is 18.5 Å². The molecule has 1 fully saturated rings. The van der Waals surface area contributed by atoms with E-state index in [0.29, 0.717) is 19.7 Å². The van der Waals surface area contributed by atoms with E-state index in [0.717, 1.165) is 30.6 Å². The largest absolute Gasteiger partial charge is 0.491 e. The van der Waals surface area contributed by atoms with Gasteiger partial charge in [0.15, 0.2) is 0 Å². The second-order valence-electron chi connectivity index (χ2n) is 6.66. The van der Waals surface area contributed by atoms with Crippen LogP contribution in [0.2, 0.25) is 0 Å². The Labute approximate surface area is 138 Å². The molecule has 2 aliphatic rings. The number of hydrogen-bond acceptors (Lipinski definition) is 3. The first-order valence-corrected chi connectivity index (χ1v) is 8.84. The molecule has 126 valence electrons. The normalized spacial score (nSPS) is 19.8. The van der Waals surface area contributed by atoms with Crippen molar-refractivity contribution in [3.8, 4) is 5.75 Å². The summed E-state index contributed by atoms with van der Waals surface area (Å²) in [5, 5.41) is 0. The molecule has 1 atom stereocenters. The minimum absolute atomic E-state index is 0.109. The second-order valence-corrected chi connectivity index (χ2v) is 6.66. The highest BCUT2D eigenvalue weighted by atomic mass is 16.5. The van der Waals surface area contributed by atoms with E-state index < -0.39 is 0 Å². The average molecular weight is 317 g/mol. The fraction of sp³-hybridized carbons (Fsp3) is 0.632. The van der Waals surface area contributed by atoms with Crippen molar-refractivity contribution >= 4 is 5.91 Å². The van der Waals surface area contributed by atoms with Crippen molar-refractivity contribution in [2.45, 2.75) is 64.7 Å². The molecule has 1 aliphatic heterocycles. The van der Waals surface area contributed by atoms with Crippen LogP contribution < -0.4 is 4.74 Å². The summed E-state index contributed by atoms with van der Waals surface area (Å²) in [6.07, 6.45) is 5.31. The molecule has 0 aromatic heterocycles. The predicted octanol–water partition coefficient (Wildman–Crippen LogP) is 3.45.